The molecule has 0 bridgehead atoms. The summed E-state index contributed by atoms with van der Waals surface area (Å²) in [6.45, 7) is 2.57. The molecular formula is C11H13FNO3. The second kappa shape index (κ2) is 5.23. The molecule has 2 aliphatic rings. The fraction of sp³-hybridized carbons (Fsp3) is 0.545. The second-order valence-electron chi connectivity index (χ2n) is 3.56. The molecular weight excluding hydrogens is 213 g/mol. The monoisotopic (exact) mass is 226 g/mol. The van der Waals surface area contributed by atoms with Crippen LogP contribution < -0.4 is 0 Å². The van der Waals surface area contributed by atoms with Gasteiger partial charge in [-0.1, -0.05) is 17.3 Å². The average Bonchev–Trinajstić information content (AvgIpc) is 2.67. The van der Waals surface area contributed by atoms with Crippen molar-refractivity contribution in [2.45, 2.75) is 25.7 Å². The van der Waals surface area contributed by atoms with E-state index in [1.165, 1.54) is 6.08 Å². The third-order valence-corrected chi connectivity index (χ3v) is 2.23. The van der Waals surface area contributed by atoms with Crippen molar-refractivity contribution < 1.29 is 18.7 Å². The van der Waals surface area contributed by atoms with Crippen molar-refractivity contribution in [2.24, 2.45) is 5.16 Å². The van der Waals surface area contributed by atoms with Gasteiger partial charge in [0.1, 0.15) is 18.4 Å². The van der Waals surface area contributed by atoms with E-state index in [1.807, 2.05) is 6.92 Å². The first-order valence-corrected chi connectivity index (χ1v) is 5.16. The van der Waals surface area contributed by atoms with E-state index >= 15 is 0 Å². The zero-order valence-corrected chi connectivity index (χ0v) is 8.98. The molecule has 0 aromatic carbocycles. The van der Waals surface area contributed by atoms with E-state index in [0.717, 1.165) is 0 Å². The minimum Gasteiger partial charge on any atom is -0.393 e. The maximum Gasteiger partial charge on any atom is 0.156 e. The molecule has 1 saturated heterocycles. The first-order chi connectivity index (χ1) is 7.75. The molecule has 0 saturated carbocycles. The van der Waals surface area contributed by atoms with Crippen molar-refractivity contribution in [1.29, 1.82) is 0 Å². The Bertz CT molecular complexity index is 338. The van der Waals surface area contributed by atoms with Crippen LogP contribution in [0.25, 0.3) is 0 Å². The predicted octanol–water partition coefficient (Wildman–Crippen LogP) is 1.74. The summed E-state index contributed by atoms with van der Waals surface area (Å²) in [5.74, 6) is -0.473. The molecule has 0 N–H and O–H groups in total. The first kappa shape index (κ1) is 11.3. The van der Waals surface area contributed by atoms with E-state index in [-0.39, 0.29) is 24.7 Å². The van der Waals surface area contributed by atoms with Crippen molar-refractivity contribution >= 4 is 5.71 Å². The normalized spacial score (nSPS) is 31.9. The molecule has 16 heavy (non-hydrogen) atoms. The van der Waals surface area contributed by atoms with E-state index in [4.69, 9.17) is 14.3 Å². The van der Waals surface area contributed by atoms with Gasteiger partial charge in [0.15, 0.2) is 12.1 Å². The highest BCUT2D eigenvalue weighted by atomic mass is 19.1. The van der Waals surface area contributed by atoms with Gasteiger partial charge >= 0.3 is 0 Å². The Balaban J connectivity index is 1.77. The van der Waals surface area contributed by atoms with Crippen LogP contribution in [-0.4, -0.2) is 31.3 Å². The summed E-state index contributed by atoms with van der Waals surface area (Å²) >= 11 is 0. The number of halogens is 1. The van der Waals surface area contributed by atoms with Crippen LogP contribution in [-0.2, 0) is 14.3 Å². The highest BCUT2D eigenvalue weighted by Crippen LogP contribution is 2.13. The number of hydrogen-bond acceptors (Lipinski definition) is 4. The molecule has 2 atom stereocenters. The summed E-state index contributed by atoms with van der Waals surface area (Å²) in [5.41, 5.74) is 0.259. The lowest BCUT2D eigenvalue weighted by Gasteiger charge is -2.08. The van der Waals surface area contributed by atoms with Gasteiger partial charge in [0.2, 0.25) is 0 Å². The van der Waals surface area contributed by atoms with Crippen LogP contribution >= 0.6 is 0 Å². The zero-order chi connectivity index (χ0) is 11.4. The second-order valence-corrected chi connectivity index (χ2v) is 3.56. The van der Waals surface area contributed by atoms with Gasteiger partial charge in [-0.05, 0) is 6.92 Å². The number of hydrogen-bond donors (Lipinski definition) is 0. The zero-order valence-electron chi connectivity index (χ0n) is 8.98. The molecule has 1 aliphatic carbocycles. The lowest BCUT2D eigenvalue weighted by molar-refractivity contribution is -0.0578. The van der Waals surface area contributed by atoms with Crippen LogP contribution in [0.2, 0.25) is 0 Å². The molecule has 1 aliphatic heterocycles. The Morgan fingerprint density at radius 2 is 2.56 bits per heavy atom. The smallest absolute Gasteiger partial charge is 0.156 e. The molecule has 87 valence electrons. The minimum atomic E-state index is -0.473. The Labute approximate surface area is 93.4 Å². The molecule has 0 spiro atoms. The summed E-state index contributed by atoms with van der Waals surface area (Å²) in [6, 6.07) is 0. The summed E-state index contributed by atoms with van der Waals surface area (Å²) in [7, 11) is 0. The Morgan fingerprint density at radius 1 is 1.69 bits per heavy atom. The number of ether oxygens (including phenoxy) is 2. The topological polar surface area (TPSA) is 40.0 Å². The van der Waals surface area contributed by atoms with Crippen LogP contribution in [0.4, 0.5) is 4.39 Å². The number of allylic oxidation sites excluding steroid dienone is 4. The lowest BCUT2D eigenvalue weighted by Crippen LogP contribution is -2.17. The van der Waals surface area contributed by atoms with Crippen molar-refractivity contribution in [3.05, 3.63) is 24.1 Å². The standard InChI is InChI=1S/C11H13FNO3/c1-8-14-6-9(16-8)7-15-13-11-5-3-2-4-10(11)12/h2-3,8-9H,5-7H2,1H3. The van der Waals surface area contributed by atoms with Crippen LogP contribution in [0.3, 0.4) is 0 Å². The van der Waals surface area contributed by atoms with Gasteiger partial charge in [-0.3, -0.25) is 0 Å². The molecule has 5 heteroatoms. The minimum absolute atomic E-state index is 0.130. The summed E-state index contributed by atoms with van der Waals surface area (Å²) in [6.07, 6.45) is 5.81. The van der Waals surface area contributed by atoms with Gasteiger partial charge in [-0.25, -0.2) is 4.39 Å². The van der Waals surface area contributed by atoms with Gasteiger partial charge in [-0.2, -0.15) is 0 Å². The molecule has 0 aromatic rings. The van der Waals surface area contributed by atoms with E-state index in [2.05, 4.69) is 11.2 Å². The number of nitrogens with zero attached hydrogens (tertiary/aromatic N) is 1. The number of rotatable bonds is 3. The SMILES string of the molecule is CC1OCC(CON=C2CC=C[C]=C2F)O1. The molecule has 4 nitrogen and oxygen atoms in total. The van der Waals surface area contributed by atoms with Crippen LogP contribution in [0.15, 0.2) is 23.1 Å². The fourth-order valence-electron chi connectivity index (χ4n) is 1.43. The van der Waals surface area contributed by atoms with Crippen LogP contribution in [0.5, 0.6) is 0 Å². The Hall–Kier alpha value is -1.20. The highest BCUT2D eigenvalue weighted by Gasteiger charge is 2.23. The maximum atomic E-state index is 13.1. The van der Waals surface area contributed by atoms with Crippen molar-refractivity contribution in [3.63, 3.8) is 0 Å². The van der Waals surface area contributed by atoms with Gasteiger partial charge < -0.3 is 14.3 Å². The quantitative estimate of drug-likeness (QED) is 0.688. The van der Waals surface area contributed by atoms with Gasteiger partial charge in [-0.15, -0.1) is 0 Å². The lowest BCUT2D eigenvalue weighted by atomic mass is 10.1. The van der Waals surface area contributed by atoms with E-state index < -0.39 is 5.83 Å². The highest BCUT2D eigenvalue weighted by molar-refractivity contribution is 5.99. The molecule has 0 aromatic heterocycles. The van der Waals surface area contributed by atoms with Gasteiger partial charge in [0.05, 0.1) is 6.61 Å². The van der Waals surface area contributed by atoms with E-state index in [1.54, 1.807) is 6.08 Å². The molecule has 1 fully saturated rings. The summed E-state index contributed by atoms with van der Waals surface area (Å²) in [5, 5.41) is 3.71. The van der Waals surface area contributed by atoms with Gasteiger partial charge in [0.25, 0.3) is 0 Å². The van der Waals surface area contributed by atoms with Crippen LogP contribution in [0.1, 0.15) is 13.3 Å². The molecule has 1 radical (unpaired) electrons. The summed E-state index contributed by atoms with van der Waals surface area (Å²) in [4.78, 5) is 5.02. The number of oxime groups is 1. The molecule has 2 unspecified atom stereocenters. The average molecular weight is 226 g/mol. The maximum absolute atomic E-state index is 13.1. The molecule has 1 heterocycles. The summed E-state index contributed by atoms with van der Waals surface area (Å²) < 4.78 is 23.6. The van der Waals surface area contributed by atoms with Crippen molar-refractivity contribution in [2.75, 3.05) is 13.2 Å². The van der Waals surface area contributed by atoms with E-state index in [9.17, 15) is 4.39 Å². The predicted molar refractivity (Wildman–Crippen MR) is 55.3 cm³/mol. The van der Waals surface area contributed by atoms with Gasteiger partial charge in [0, 0.05) is 12.5 Å². The fourth-order valence-corrected chi connectivity index (χ4v) is 1.43. The largest absolute Gasteiger partial charge is 0.393 e. The molecule has 0 amide bonds. The third-order valence-electron chi connectivity index (χ3n) is 2.23. The third kappa shape index (κ3) is 2.90. The van der Waals surface area contributed by atoms with Crippen molar-refractivity contribution in [1.82, 2.24) is 0 Å². The first-order valence-electron chi connectivity index (χ1n) is 5.16. The van der Waals surface area contributed by atoms with Crippen molar-refractivity contribution in [3.8, 4) is 0 Å². The Morgan fingerprint density at radius 3 is 3.25 bits per heavy atom. The molecule has 2 rings (SSSR count). The Kier molecular flexibility index (Phi) is 3.69. The van der Waals surface area contributed by atoms with Crippen LogP contribution in [0, 0.1) is 6.08 Å². The van der Waals surface area contributed by atoms with E-state index in [0.29, 0.717) is 13.0 Å².